The maximum atomic E-state index is 9.30. The molecule has 0 rings (SSSR count). The van der Waals surface area contributed by atoms with Crippen LogP contribution in [0.15, 0.2) is 16.0 Å². The molecular formula is C10H26N3NaO8. The van der Waals surface area contributed by atoms with Gasteiger partial charge in [0.1, 0.15) is 6.61 Å². The summed E-state index contributed by atoms with van der Waals surface area (Å²) in [6, 6.07) is 0. The maximum Gasteiger partial charge on any atom is 1.00 e. The molecule has 22 heavy (non-hydrogen) atoms. The molecule has 0 bridgehead atoms. The molecule has 0 heterocycles. The van der Waals surface area contributed by atoms with Gasteiger partial charge in [0.15, 0.2) is 10.7 Å². The molecule has 0 fully saturated rings. The number of hydrogen-bond acceptors (Lipinski definition) is 9. The van der Waals surface area contributed by atoms with Gasteiger partial charge in [-0.1, -0.05) is 39.5 Å². The van der Waals surface area contributed by atoms with Gasteiger partial charge in [0, 0.05) is 6.61 Å². The quantitative estimate of drug-likeness (QED) is 0.260. The SMILES string of the molecule is CCCCCO.CCCCCON=O.O.O=NO.O=N[O-].[Na+]. The van der Waals surface area contributed by atoms with Gasteiger partial charge >= 0.3 is 29.6 Å². The number of aliphatic hydroxyl groups is 1. The first-order valence-corrected chi connectivity index (χ1v) is 6.13. The first-order chi connectivity index (χ1) is 9.66. The van der Waals surface area contributed by atoms with Crippen LogP contribution < -0.4 is 29.6 Å². The summed E-state index contributed by atoms with van der Waals surface area (Å²) in [4.78, 5) is 29.6. The first kappa shape index (κ1) is 37.4. The fraction of sp³-hybridized carbons (Fsp3) is 1.00. The molecule has 0 spiro atoms. The van der Waals surface area contributed by atoms with E-state index in [1.165, 1.54) is 11.8 Å². The summed E-state index contributed by atoms with van der Waals surface area (Å²) in [6.07, 6.45) is 6.51. The fourth-order valence-electron chi connectivity index (χ4n) is 0.816. The van der Waals surface area contributed by atoms with Crippen molar-refractivity contribution >= 4 is 0 Å². The Bertz CT molecular complexity index is 170. The monoisotopic (exact) mass is 339 g/mol. The second kappa shape index (κ2) is 59.5. The molecule has 0 saturated heterocycles. The van der Waals surface area contributed by atoms with Gasteiger partial charge in [-0.25, -0.2) is 0 Å². The van der Waals surface area contributed by atoms with Crippen LogP contribution >= 0.6 is 0 Å². The first-order valence-electron chi connectivity index (χ1n) is 6.13. The van der Waals surface area contributed by atoms with E-state index in [9.17, 15) is 4.91 Å². The van der Waals surface area contributed by atoms with Crippen LogP contribution in [0.25, 0.3) is 0 Å². The Morgan fingerprint density at radius 2 is 1.36 bits per heavy atom. The predicted octanol–water partition coefficient (Wildman–Crippen LogP) is -0.385. The third-order valence-electron chi connectivity index (χ3n) is 1.65. The van der Waals surface area contributed by atoms with Gasteiger partial charge in [0.25, 0.3) is 0 Å². The topological polar surface area (TPSA) is 193 Å². The molecule has 11 nitrogen and oxygen atoms in total. The van der Waals surface area contributed by atoms with Gasteiger partial charge in [0.2, 0.25) is 0 Å². The zero-order chi connectivity index (χ0) is 16.5. The Morgan fingerprint density at radius 3 is 1.59 bits per heavy atom. The average molecular weight is 339 g/mol. The zero-order valence-electron chi connectivity index (χ0n) is 13.4. The number of rotatable bonds is 8. The molecule has 4 N–H and O–H groups in total. The predicted molar refractivity (Wildman–Crippen MR) is 78.2 cm³/mol. The van der Waals surface area contributed by atoms with E-state index in [1.807, 2.05) is 0 Å². The van der Waals surface area contributed by atoms with E-state index in [-0.39, 0.29) is 35.0 Å². The molecule has 0 aromatic carbocycles. The van der Waals surface area contributed by atoms with E-state index >= 15 is 0 Å². The van der Waals surface area contributed by atoms with Crippen molar-refractivity contribution in [3.05, 3.63) is 19.9 Å². The molecule has 0 aliphatic carbocycles. The van der Waals surface area contributed by atoms with Gasteiger partial charge in [-0.05, 0) is 12.8 Å². The number of hydrogen-bond donors (Lipinski definition) is 2. The third kappa shape index (κ3) is 124. The molecule has 0 aromatic heterocycles. The Hall–Kier alpha value is -0.880. The van der Waals surface area contributed by atoms with E-state index in [1.54, 1.807) is 0 Å². The van der Waals surface area contributed by atoms with Gasteiger partial charge in [-0.3, -0.25) is 0 Å². The number of aliphatic hydroxyl groups excluding tert-OH is 1. The summed E-state index contributed by atoms with van der Waals surface area (Å²) >= 11 is 0. The van der Waals surface area contributed by atoms with E-state index in [0.717, 1.165) is 37.4 Å². The summed E-state index contributed by atoms with van der Waals surface area (Å²) in [5.41, 5.74) is 0. The van der Waals surface area contributed by atoms with Crippen LogP contribution in [0.4, 0.5) is 0 Å². The van der Waals surface area contributed by atoms with Gasteiger partial charge in [-0.15, -0.1) is 15.2 Å². The van der Waals surface area contributed by atoms with Crippen LogP contribution in [0.3, 0.4) is 0 Å². The maximum absolute atomic E-state index is 9.30. The Balaban J connectivity index is -0.0000000409. The van der Waals surface area contributed by atoms with Gasteiger partial charge in [-0.2, -0.15) is 0 Å². The van der Waals surface area contributed by atoms with Gasteiger partial charge < -0.3 is 30.7 Å². The summed E-state index contributed by atoms with van der Waals surface area (Å²) in [6.45, 7) is 5.04. The minimum atomic E-state index is 0. The van der Waals surface area contributed by atoms with Crippen LogP contribution in [0.1, 0.15) is 52.4 Å². The second-order valence-electron chi connectivity index (χ2n) is 3.20. The molecule has 0 atom stereocenters. The van der Waals surface area contributed by atoms with Crippen molar-refractivity contribution in [3.8, 4) is 0 Å². The Morgan fingerprint density at radius 1 is 1.00 bits per heavy atom. The van der Waals surface area contributed by atoms with E-state index < -0.39 is 0 Å². The van der Waals surface area contributed by atoms with Crippen LogP contribution in [-0.2, 0) is 4.84 Å². The molecule has 0 aromatic rings. The van der Waals surface area contributed by atoms with E-state index in [2.05, 4.69) is 24.0 Å². The molecule has 12 heteroatoms. The normalized spacial score (nSPS) is 6.68. The Kier molecular flexibility index (Phi) is 101. The van der Waals surface area contributed by atoms with Crippen LogP contribution in [-0.4, -0.2) is 29.0 Å². The van der Waals surface area contributed by atoms with Crippen molar-refractivity contribution in [2.45, 2.75) is 52.4 Å². The molecule has 0 saturated carbocycles. The van der Waals surface area contributed by atoms with Crippen LogP contribution in [0.5, 0.6) is 0 Å². The van der Waals surface area contributed by atoms with Crippen LogP contribution in [0.2, 0.25) is 0 Å². The van der Waals surface area contributed by atoms with E-state index in [4.69, 9.17) is 25.3 Å². The van der Waals surface area contributed by atoms with Crippen molar-refractivity contribution < 1.29 is 50.2 Å². The third-order valence-corrected chi connectivity index (χ3v) is 1.65. The molecular weight excluding hydrogens is 313 g/mol. The summed E-state index contributed by atoms with van der Waals surface area (Å²) in [5, 5.41) is 27.3. The minimum absolute atomic E-state index is 0. The van der Waals surface area contributed by atoms with E-state index in [0.29, 0.717) is 13.2 Å². The summed E-state index contributed by atoms with van der Waals surface area (Å²) < 4.78 is 0. The van der Waals surface area contributed by atoms with Crippen LogP contribution in [0, 0.1) is 19.9 Å². The molecule has 0 unspecified atom stereocenters. The molecule has 0 radical (unpaired) electrons. The van der Waals surface area contributed by atoms with Crippen molar-refractivity contribution in [2.24, 2.45) is 16.0 Å². The molecule has 130 valence electrons. The Labute approximate surface area is 151 Å². The van der Waals surface area contributed by atoms with Crippen molar-refractivity contribution in [1.82, 2.24) is 0 Å². The smallest absolute Gasteiger partial charge is 0.444 e. The van der Waals surface area contributed by atoms with Crippen molar-refractivity contribution in [1.29, 1.82) is 0 Å². The standard InChI is InChI=1S/C5H11NO2.C5H12O.2HNO2.Na.H2O/c1-2-3-4-5-8-6-7;1-2-3-4-5-6;2*2-1-3;;/h2-5H2,1H3;6H,2-5H2,1H3;2*(H,2,3);;1H2/q;;;;+1;/p-1. The number of nitrogens with zero attached hydrogens (tertiary/aromatic N) is 3. The van der Waals surface area contributed by atoms with Gasteiger partial charge in [0.05, 0.1) is 0 Å². The summed E-state index contributed by atoms with van der Waals surface area (Å²) in [5.74, 6) is 0. The summed E-state index contributed by atoms with van der Waals surface area (Å²) in [7, 11) is 0. The largest absolute Gasteiger partial charge is 1.00 e. The minimum Gasteiger partial charge on any atom is -0.444 e. The molecule has 0 aliphatic rings. The van der Waals surface area contributed by atoms with Crippen molar-refractivity contribution in [2.75, 3.05) is 13.2 Å². The zero-order valence-corrected chi connectivity index (χ0v) is 15.4. The fourth-order valence-corrected chi connectivity index (χ4v) is 0.816. The average Bonchev–Trinajstić information content (AvgIpc) is 2.44. The second-order valence-corrected chi connectivity index (χ2v) is 3.20. The molecule has 0 aliphatic heterocycles. The number of unbranched alkanes of at least 4 members (excludes halogenated alkanes) is 4. The molecule has 0 amide bonds. The van der Waals surface area contributed by atoms with Crippen molar-refractivity contribution in [3.63, 3.8) is 0 Å².